The number of amides is 2. The number of aliphatic imine (C=N–C) groups is 1. The summed E-state index contributed by atoms with van der Waals surface area (Å²) >= 11 is 3.32. The topological polar surface area (TPSA) is 122 Å². The first-order valence-electron chi connectivity index (χ1n) is 17.5. The van der Waals surface area contributed by atoms with Crippen molar-refractivity contribution >= 4 is 52.1 Å². The van der Waals surface area contributed by atoms with Crippen LogP contribution in [0.3, 0.4) is 0 Å². The number of thiazole rings is 2. The van der Waals surface area contributed by atoms with Gasteiger partial charge in [-0.2, -0.15) is 0 Å². The average Bonchev–Trinajstić information content (AvgIpc) is 3.84. The molecule has 2 heterocycles. The van der Waals surface area contributed by atoms with E-state index in [-0.39, 0.29) is 11.8 Å². The van der Waals surface area contributed by atoms with Crippen molar-refractivity contribution < 1.29 is 9.59 Å². The van der Waals surface area contributed by atoms with Gasteiger partial charge < -0.3 is 16.4 Å². The minimum atomic E-state index is -0.0836. The number of nitrogens with one attached hydrogen (secondary N) is 2. The van der Waals surface area contributed by atoms with Crippen molar-refractivity contribution in [1.29, 1.82) is 0 Å². The zero-order valence-electron chi connectivity index (χ0n) is 31.3. The number of carbonyl (C=O) groups is 2. The van der Waals surface area contributed by atoms with Gasteiger partial charge in [0.15, 0.2) is 0 Å². The third-order valence-corrected chi connectivity index (χ3v) is 10.6. The van der Waals surface area contributed by atoms with E-state index in [1.165, 1.54) is 27.8 Å². The molecule has 0 atom stereocenters. The van der Waals surface area contributed by atoms with Crippen LogP contribution in [0.5, 0.6) is 0 Å². The third-order valence-electron chi connectivity index (χ3n) is 8.92. The molecule has 4 N–H and O–H groups in total. The van der Waals surface area contributed by atoms with Crippen LogP contribution < -0.4 is 16.4 Å². The van der Waals surface area contributed by atoms with Gasteiger partial charge in [-0.1, -0.05) is 43.3 Å². The van der Waals surface area contributed by atoms with Crippen molar-refractivity contribution in [1.82, 2.24) is 20.6 Å². The van der Waals surface area contributed by atoms with E-state index in [9.17, 15) is 9.59 Å². The molecule has 0 spiro atoms. The van der Waals surface area contributed by atoms with Gasteiger partial charge in [0.05, 0.1) is 27.1 Å². The Morgan fingerprint density at radius 1 is 0.679 bits per heavy atom. The third kappa shape index (κ3) is 9.91. The highest BCUT2D eigenvalue weighted by Gasteiger charge is 2.12. The van der Waals surface area contributed by atoms with E-state index >= 15 is 0 Å². The molecule has 272 valence electrons. The molecule has 6 rings (SSSR count). The Labute approximate surface area is 320 Å². The maximum atomic E-state index is 11.7. The van der Waals surface area contributed by atoms with Crippen LogP contribution in [-0.2, 0) is 12.8 Å². The Kier molecular flexibility index (Phi) is 13.1. The highest BCUT2D eigenvalue weighted by Crippen LogP contribution is 2.29. The van der Waals surface area contributed by atoms with Crippen LogP contribution >= 0.6 is 22.7 Å². The van der Waals surface area contributed by atoms with Crippen LogP contribution in [0, 0.1) is 27.7 Å². The van der Waals surface area contributed by atoms with Crippen molar-refractivity contribution in [3.05, 3.63) is 138 Å². The number of carbonyl (C=O) groups excluding carboxylic acids is 2. The quantitative estimate of drug-likeness (QED) is 0.0954. The van der Waals surface area contributed by atoms with E-state index in [0.717, 1.165) is 68.7 Å². The zero-order valence-corrected chi connectivity index (χ0v) is 33.0. The summed E-state index contributed by atoms with van der Waals surface area (Å²) in [6, 6.07) is 23.6. The molecule has 0 fully saturated rings. The van der Waals surface area contributed by atoms with E-state index in [1.54, 1.807) is 36.8 Å². The molecule has 8 nitrogen and oxygen atoms in total. The molecule has 0 saturated carbocycles. The highest BCUT2D eigenvalue weighted by molar-refractivity contribution is 7.10. The smallest absolute Gasteiger partial charge is 0.251 e. The summed E-state index contributed by atoms with van der Waals surface area (Å²) < 4.78 is 0. The fourth-order valence-corrected chi connectivity index (χ4v) is 7.37. The maximum Gasteiger partial charge on any atom is 0.251 e. The van der Waals surface area contributed by atoms with Crippen LogP contribution in [0.25, 0.3) is 22.5 Å². The number of aryl methyl sites for hydroxylation is 4. The fraction of sp³-hybridized carbons (Fsp3) is 0.233. The van der Waals surface area contributed by atoms with Gasteiger partial charge >= 0.3 is 0 Å². The SMILES string of the molecule is CCC=Nc1cc(C)c(Cc2nc(-c3ccc(C(=O)NC)cc3)cs2)cc1C.CNC(=O)c1ccc(-c2csc(Cc3cc(C)c(N)cc3C)n2)cc1. The first kappa shape index (κ1) is 38.8. The second-order valence-corrected chi connectivity index (χ2v) is 14.7. The summed E-state index contributed by atoms with van der Waals surface area (Å²) in [6.45, 7) is 10.4. The second kappa shape index (κ2) is 17.9. The van der Waals surface area contributed by atoms with Crippen LogP contribution in [0.15, 0.2) is 88.5 Å². The predicted molar refractivity (Wildman–Crippen MR) is 222 cm³/mol. The largest absolute Gasteiger partial charge is 0.399 e. The summed E-state index contributed by atoms with van der Waals surface area (Å²) in [5, 5.41) is 11.5. The van der Waals surface area contributed by atoms with E-state index < -0.39 is 0 Å². The van der Waals surface area contributed by atoms with E-state index in [0.29, 0.717) is 11.1 Å². The molecule has 0 saturated heterocycles. The zero-order chi connectivity index (χ0) is 38.1. The summed E-state index contributed by atoms with van der Waals surface area (Å²) in [7, 11) is 3.26. The van der Waals surface area contributed by atoms with Gasteiger partial charge in [0.1, 0.15) is 0 Å². The number of nitrogens with two attached hydrogens (primary N) is 1. The number of aromatic nitrogens is 2. The average molecular weight is 743 g/mol. The number of hydrogen-bond donors (Lipinski definition) is 3. The Bertz CT molecular complexity index is 2230. The van der Waals surface area contributed by atoms with Crippen LogP contribution in [-0.4, -0.2) is 42.1 Å². The number of hydrogen-bond acceptors (Lipinski definition) is 8. The van der Waals surface area contributed by atoms with Crippen molar-refractivity contribution in [2.75, 3.05) is 19.8 Å². The lowest BCUT2D eigenvalue weighted by atomic mass is 10.0. The highest BCUT2D eigenvalue weighted by atomic mass is 32.1. The van der Waals surface area contributed by atoms with Crippen molar-refractivity contribution in [3.8, 4) is 22.5 Å². The molecule has 0 bridgehead atoms. The monoisotopic (exact) mass is 742 g/mol. The number of anilines is 1. The molecule has 2 amide bonds. The summed E-state index contributed by atoms with van der Waals surface area (Å²) in [6.07, 6.45) is 4.50. The first-order valence-corrected chi connectivity index (χ1v) is 19.3. The minimum Gasteiger partial charge on any atom is -0.399 e. The van der Waals surface area contributed by atoms with Gasteiger partial charge in [-0.3, -0.25) is 14.6 Å². The molecule has 2 aromatic heterocycles. The summed E-state index contributed by atoms with van der Waals surface area (Å²) in [4.78, 5) is 37.4. The summed E-state index contributed by atoms with van der Waals surface area (Å²) in [5.74, 6) is -0.164. The lowest BCUT2D eigenvalue weighted by Gasteiger charge is -2.08. The molecule has 6 aromatic rings. The van der Waals surface area contributed by atoms with Gasteiger partial charge in [0.25, 0.3) is 11.8 Å². The molecule has 0 aliphatic carbocycles. The lowest BCUT2D eigenvalue weighted by molar-refractivity contribution is 0.0955. The van der Waals surface area contributed by atoms with Gasteiger partial charge in [0.2, 0.25) is 0 Å². The Morgan fingerprint density at radius 3 is 1.58 bits per heavy atom. The Morgan fingerprint density at radius 2 is 1.13 bits per heavy atom. The maximum absolute atomic E-state index is 11.7. The second-order valence-electron chi connectivity index (χ2n) is 12.8. The normalized spacial score (nSPS) is 10.9. The molecule has 0 radical (unpaired) electrons. The summed E-state index contributed by atoms with van der Waals surface area (Å²) in [5.41, 5.74) is 20.3. The number of nitrogens with zero attached hydrogens (tertiary/aromatic N) is 3. The number of nitrogen functional groups attached to an aromatic ring is 1. The molecule has 10 heteroatoms. The standard InChI is InChI=1S/C23H25N3OS.C20H21N3OS/c1-5-10-25-20-12-15(2)19(11-16(20)3)13-22-26-21(14-28-22)17-6-8-18(9-7-17)23(27)24-4;1-12-9-17(21)13(2)8-16(12)10-19-23-18(11-25-19)14-4-6-15(7-5-14)20(24)22-3/h6-12,14H,5,13H2,1-4H3,(H,24,27);4-9,11H,10,21H2,1-3H3,(H,22,24). The molecule has 0 aliphatic heterocycles. The van der Waals surface area contributed by atoms with Gasteiger partial charge in [-0.15, -0.1) is 22.7 Å². The molecule has 53 heavy (non-hydrogen) atoms. The molecule has 0 aliphatic rings. The minimum absolute atomic E-state index is 0.0805. The Hall–Kier alpha value is -5.45. The van der Waals surface area contributed by atoms with Crippen LogP contribution in [0.1, 0.15) is 77.5 Å². The van der Waals surface area contributed by atoms with Crippen LogP contribution in [0.4, 0.5) is 11.4 Å². The van der Waals surface area contributed by atoms with E-state index in [2.05, 4.69) is 72.3 Å². The molecule has 0 unspecified atom stereocenters. The Balaban J connectivity index is 0.000000206. The molecular formula is C43H46N6O2S2. The van der Waals surface area contributed by atoms with Crippen molar-refractivity contribution in [2.45, 2.75) is 53.9 Å². The number of rotatable bonds is 10. The fourth-order valence-electron chi connectivity index (χ4n) is 5.72. The predicted octanol–water partition coefficient (Wildman–Crippen LogP) is 9.45. The van der Waals surface area contributed by atoms with E-state index in [4.69, 9.17) is 15.7 Å². The first-order chi connectivity index (χ1) is 25.5. The van der Waals surface area contributed by atoms with Crippen molar-refractivity contribution in [2.24, 2.45) is 4.99 Å². The lowest BCUT2D eigenvalue weighted by Crippen LogP contribution is -2.17. The van der Waals surface area contributed by atoms with Gasteiger partial charge in [-0.25, -0.2) is 9.97 Å². The van der Waals surface area contributed by atoms with Gasteiger partial charge in [0, 0.05) is 71.9 Å². The van der Waals surface area contributed by atoms with E-state index in [1.807, 2.05) is 67.7 Å². The molecule has 4 aromatic carbocycles. The van der Waals surface area contributed by atoms with Crippen LogP contribution in [0.2, 0.25) is 0 Å². The van der Waals surface area contributed by atoms with Gasteiger partial charge in [-0.05, 0) is 104 Å². The number of benzene rings is 4. The van der Waals surface area contributed by atoms with Crippen molar-refractivity contribution in [3.63, 3.8) is 0 Å². The molecular weight excluding hydrogens is 697 g/mol.